The number of rotatable bonds is 8. The second kappa shape index (κ2) is 15.0. The molecule has 0 aromatic heterocycles. The first kappa shape index (κ1) is 34.1. The highest BCUT2D eigenvalue weighted by molar-refractivity contribution is 6.05. The van der Waals surface area contributed by atoms with Gasteiger partial charge in [0.15, 0.2) is 11.6 Å². The van der Waals surface area contributed by atoms with E-state index in [1.54, 1.807) is 30.3 Å². The van der Waals surface area contributed by atoms with Crippen LogP contribution in [0.15, 0.2) is 72.8 Å². The van der Waals surface area contributed by atoms with Gasteiger partial charge in [-0.25, -0.2) is 13.2 Å². The summed E-state index contributed by atoms with van der Waals surface area (Å²) in [5.74, 6) is -1.54. The van der Waals surface area contributed by atoms with Crippen molar-refractivity contribution in [3.05, 3.63) is 101 Å². The molecule has 2 aliphatic rings. The lowest BCUT2D eigenvalue weighted by Gasteiger charge is -2.19. The smallest absolute Gasteiger partial charge is 0.255 e. The lowest BCUT2D eigenvalue weighted by atomic mass is 9.98. The molecule has 1 amide bonds. The Balaban J connectivity index is 0.00000230. The van der Waals surface area contributed by atoms with Crippen LogP contribution in [0.2, 0.25) is 0 Å². The molecule has 3 N–H and O–H groups in total. The van der Waals surface area contributed by atoms with Gasteiger partial charge in [0.05, 0.1) is 0 Å². The molecule has 2 saturated heterocycles. The topological polar surface area (TPSA) is 71.6 Å². The molecule has 11 heteroatoms. The number of ether oxygens (including phenoxy) is 2. The van der Waals surface area contributed by atoms with Gasteiger partial charge in [0.2, 0.25) is 0 Å². The zero-order valence-electron chi connectivity index (χ0n) is 24.5. The van der Waals surface area contributed by atoms with Crippen LogP contribution in [-0.4, -0.2) is 44.3 Å². The van der Waals surface area contributed by atoms with E-state index in [9.17, 15) is 18.0 Å². The van der Waals surface area contributed by atoms with Gasteiger partial charge in [-0.2, -0.15) is 0 Å². The molecule has 0 saturated carbocycles. The maximum atomic E-state index is 14.2. The molecule has 45 heavy (non-hydrogen) atoms. The summed E-state index contributed by atoms with van der Waals surface area (Å²) < 4.78 is 54.3. The maximum absolute atomic E-state index is 14.2. The van der Waals surface area contributed by atoms with Gasteiger partial charge in [0, 0.05) is 35.5 Å². The van der Waals surface area contributed by atoms with E-state index in [0.29, 0.717) is 40.4 Å². The molecule has 2 heterocycles. The molecule has 4 aromatic carbocycles. The Bertz CT molecular complexity index is 1660. The summed E-state index contributed by atoms with van der Waals surface area (Å²) in [6.07, 6.45) is 1.62. The van der Waals surface area contributed by atoms with Crippen LogP contribution in [0, 0.1) is 24.4 Å². The Morgan fingerprint density at radius 3 is 2.02 bits per heavy atom. The highest BCUT2D eigenvalue weighted by atomic mass is 35.5. The number of nitrogens with one attached hydrogen (secondary N) is 3. The lowest BCUT2D eigenvalue weighted by molar-refractivity contribution is 0.102. The van der Waals surface area contributed by atoms with E-state index in [1.807, 2.05) is 19.1 Å². The number of anilines is 1. The van der Waals surface area contributed by atoms with Crippen LogP contribution in [0.1, 0.15) is 28.8 Å². The summed E-state index contributed by atoms with van der Waals surface area (Å²) in [5, 5.41) is 9.48. The van der Waals surface area contributed by atoms with Crippen LogP contribution in [0.4, 0.5) is 18.9 Å². The predicted molar refractivity (Wildman–Crippen MR) is 175 cm³/mol. The zero-order chi connectivity index (χ0) is 29.9. The Morgan fingerprint density at radius 2 is 1.40 bits per heavy atom. The molecule has 0 aliphatic carbocycles. The van der Waals surface area contributed by atoms with E-state index in [2.05, 4.69) is 16.0 Å². The fourth-order valence-electron chi connectivity index (χ4n) is 5.53. The highest BCUT2D eigenvalue weighted by Crippen LogP contribution is 2.37. The summed E-state index contributed by atoms with van der Waals surface area (Å²) in [5.41, 5.74) is 3.98. The number of hydrogen-bond acceptors (Lipinski definition) is 5. The Kier molecular flexibility index (Phi) is 11.4. The summed E-state index contributed by atoms with van der Waals surface area (Å²) in [4.78, 5) is 13.5. The van der Waals surface area contributed by atoms with E-state index in [-0.39, 0.29) is 42.8 Å². The molecule has 6 rings (SSSR count). The second-order valence-corrected chi connectivity index (χ2v) is 10.9. The fourth-order valence-corrected chi connectivity index (χ4v) is 5.53. The van der Waals surface area contributed by atoms with E-state index in [0.717, 1.165) is 61.3 Å². The van der Waals surface area contributed by atoms with Gasteiger partial charge < -0.3 is 25.4 Å². The zero-order valence-corrected chi connectivity index (χ0v) is 26.1. The van der Waals surface area contributed by atoms with Crippen molar-refractivity contribution < 1.29 is 27.4 Å². The van der Waals surface area contributed by atoms with Crippen LogP contribution in [0.3, 0.4) is 0 Å². The standard InChI is InChI=1S/C34H32F3N3O3.2ClH/c1-20-14-23(35)4-6-27(20)29-17-24(5-9-33(29)43-26-11-13-39-19-26)40-34(41)22-3-8-32(42-25-10-12-38-18-25)28(15-22)21-2-7-30(36)31(37)16-21;;/h2-9,14-17,25-26,38-39H,10-13,18-19H2,1H3,(H,40,41);2*1H/t25-,26-;;/m0../s1. The van der Waals surface area contributed by atoms with Crippen molar-refractivity contribution in [3.8, 4) is 33.8 Å². The highest BCUT2D eigenvalue weighted by Gasteiger charge is 2.22. The SMILES string of the molecule is Cc1cc(F)ccc1-c1cc(NC(=O)c2ccc(O[C@H]3CCNC3)c(-c3ccc(F)c(F)c3)c2)ccc1O[C@H]1CCNC1.Cl.Cl. The molecule has 2 aliphatic heterocycles. The lowest BCUT2D eigenvalue weighted by Crippen LogP contribution is -2.20. The number of halogens is 5. The van der Waals surface area contributed by atoms with Crippen molar-refractivity contribution in [2.24, 2.45) is 0 Å². The first-order valence-corrected chi connectivity index (χ1v) is 14.4. The second-order valence-electron chi connectivity index (χ2n) is 10.9. The maximum Gasteiger partial charge on any atom is 0.255 e. The van der Waals surface area contributed by atoms with Gasteiger partial charge in [-0.1, -0.05) is 12.1 Å². The summed E-state index contributed by atoms with van der Waals surface area (Å²) in [6.45, 7) is 4.93. The summed E-state index contributed by atoms with van der Waals surface area (Å²) in [7, 11) is 0. The normalized spacial score (nSPS) is 17.2. The van der Waals surface area contributed by atoms with Crippen molar-refractivity contribution in [3.63, 3.8) is 0 Å². The van der Waals surface area contributed by atoms with Crippen LogP contribution < -0.4 is 25.4 Å². The van der Waals surface area contributed by atoms with Crippen LogP contribution in [0.5, 0.6) is 11.5 Å². The molecule has 0 radical (unpaired) electrons. The number of carbonyl (C=O) groups is 1. The monoisotopic (exact) mass is 659 g/mol. The minimum Gasteiger partial charge on any atom is -0.488 e. The van der Waals surface area contributed by atoms with E-state index >= 15 is 0 Å². The van der Waals surface area contributed by atoms with Crippen molar-refractivity contribution in [1.82, 2.24) is 10.6 Å². The number of aryl methyl sites for hydroxylation is 1. The molecule has 0 bridgehead atoms. The first-order valence-electron chi connectivity index (χ1n) is 14.4. The van der Waals surface area contributed by atoms with Crippen LogP contribution in [-0.2, 0) is 0 Å². The Morgan fingerprint density at radius 1 is 0.733 bits per heavy atom. The van der Waals surface area contributed by atoms with Crippen molar-refractivity contribution in [2.75, 3.05) is 31.5 Å². The minimum absolute atomic E-state index is 0. The molecular formula is C34H34Cl2F3N3O3. The summed E-state index contributed by atoms with van der Waals surface area (Å²) in [6, 6.07) is 18.5. The first-order chi connectivity index (χ1) is 20.8. The summed E-state index contributed by atoms with van der Waals surface area (Å²) >= 11 is 0. The average Bonchev–Trinajstić information content (AvgIpc) is 3.70. The average molecular weight is 661 g/mol. The van der Waals surface area contributed by atoms with E-state index in [4.69, 9.17) is 9.47 Å². The Labute approximate surface area is 272 Å². The van der Waals surface area contributed by atoms with Crippen molar-refractivity contribution >= 4 is 36.4 Å². The number of amides is 1. The molecule has 0 unspecified atom stereocenters. The molecule has 238 valence electrons. The quantitative estimate of drug-likeness (QED) is 0.185. The molecule has 2 atom stereocenters. The van der Waals surface area contributed by atoms with Gasteiger partial charge in [0.1, 0.15) is 29.5 Å². The molecule has 4 aromatic rings. The third-order valence-electron chi connectivity index (χ3n) is 7.81. The number of hydrogen-bond donors (Lipinski definition) is 3. The predicted octanol–water partition coefficient (Wildman–Crippen LogP) is 7.32. The third kappa shape index (κ3) is 7.91. The molecule has 6 nitrogen and oxygen atoms in total. The molecular weight excluding hydrogens is 626 g/mol. The fraction of sp³-hybridized carbons (Fsp3) is 0.265. The van der Waals surface area contributed by atoms with E-state index < -0.39 is 17.5 Å². The number of carbonyl (C=O) groups excluding carboxylic acids is 1. The largest absolute Gasteiger partial charge is 0.488 e. The van der Waals surface area contributed by atoms with Crippen LogP contribution in [0.25, 0.3) is 22.3 Å². The van der Waals surface area contributed by atoms with Gasteiger partial charge >= 0.3 is 0 Å². The van der Waals surface area contributed by atoms with Crippen molar-refractivity contribution in [2.45, 2.75) is 32.0 Å². The minimum atomic E-state index is -0.986. The third-order valence-corrected chi connectivity index (χ3v) is 7.81. The van der Waals surface area contributed by atoms with Gasteiger partial charge in [-0.05, 0) is 110 Å². The van der Waals surface area contributed by atoms with Gasteiger partial charge in [-0.3, -0.25) is 4.79 Å². The van der Waals surface area contributed by atoms with Crippen molar-refractivity contribution in [1.29, 1.82) is 0 Å². The Hall–Kier alpha value is -3.76. The molecule has 0 spiro atoms. The van der Waals surface area contributed by atoms with E-state index in [1.165, 1.54) is 18.2 Å². The van der Waals surface area contributed by atoms with Gasteiger partial charge in [-0.15, -0.1) is 24.8 Å². The van der Waals surface area contributed by atoms with Gasteiger partial charge in [0.25, 0.3) is 5.91 Å². The van der Waals surface area contributed by atoms with Crippen LogP contribution >= 0.6 is 24.8 Å². The number of benzene rings is 4. The molecule has 2 fully saturated rings.